The fourth-order valence-electron chi connectivity index (χ4n) is 2.76. The Labute approximate surface area is 134 Å². The van der Waals surface area contributed by atoms with Gasteiger partial charge in [-0.05, 0) is 36.1 Å². The maximum atomic E-state index is 12.0. The lowest BCUT2D eigenvalue weighted by atomic mass is 9.85. The van der Waals surface area contributed by atoms with Crippen LogP contribution in [0, 0.1) is 0 Å². The topological polar surface area (TPSA) is 55.1 Å². The quantitative estimate of drug-likeness (QED) is 0.828. The van der Waals surface area contributed by atoms with Crippen molar-refractivity contribution in [2.45, 2.75) is 18.8 Å². The number of hydrogen-bond donors (Lipinski definition) is 2. The normalized spacial score (nSPS) is 18.0. The van der Waals surface area contributed by atoms with Crippen LogP contribution < -0.4 is 11.1 Å². The molecule has 1 aliphatic rings. The summed E-state index contributed by atoms with van der Waals surface area (Å²) < 4.78 is 0. The molecule has 22 heavy (non-hydrogen) atoms. The summed E-state index contributed by atoms with van der Waals surface area (Å²) in [5.74, 6) is 0.338. The molecule has 4 heteroatoms. The van der Waals surface area contributed by atoms with E-state index < -0.39 is 0 Å². The average Bonchev–Trinajstić information content (AvgIpc) is 2.50. The number of carbonyl (C=O) groups is 1. The van der Waals surface area contributed by atoms with Gasteiger partial charge in [-0.2, -0.15) is 0 Å². The number of carbonyl (C=O) groups excluding carboxylic acids is 1. The van der Waals surface area contributed by atoms with Gasteiger partial charge in [0.25, 0.3) is 0 Å². The van der Waals surface area contributed by atoms with Gasteiger partial charge < -0.3 is 11.1 Å². The molecule has 0 spiro atoms. The lowest BCUT2D eigenvalue weighted by Gasteiger charge is -2.24. The molecule has 2 aromatic rings. The Hall–Kier alpha value is -2.26. The molecule has 3 N–H and O–H groups in total. The highest BCUT2D eigenvalue weighted by Gasteiger charge is 2.22. The predicted molar refractivity (Wildman–Crippen MR) is 91.0 cm³/mol. The van der Waals surface area contributed by atoms with Crippen molar-refractivity contribution in [1.29, 1.82) is 0 Å². The van der Waals surface area contributed by atoms with E-state index in [1.54, 1.807) is 18.2 Å². The van der Waals surface area contributed by atoms with Crippen molar-refractivity contribution in [1.82, 2.24) is 0 Å². The van der Waals surface area contributed by atoms with E-state index in [0.717, 1.165) is 17.8 Å². The number of allylic oxidation sites excluding steroid dienone is 2. The van der Waals surface area contributed by atoms with Crippen molar-refractivity contribution in [2.24, 2.45) is 0 Å². The van der Waals surface area contributed by atoms with Crippen LogP contribution in [0.5, 0.6) is 0 Å². The molecule has 1 aliphatic carbocycles. The molecule has 0 heterocycles. The fraction of sp³-hybridized carbons (Fsp3) is 0.167. The number of benzene rings is 2. The second kappa shape index (κ2) is 6.24. The number of hydrogen-bond acceptors (Lipinski definition) is 3. The Morgan fingerprint density at radius 3 is 2.59 bits per heavy atom. The van der Waals surface area contributed by atoms with Crippen molar-refractivity contribution in [3.05, 3.63) is 70.9 Å². The molecule has 112 valence electrons. The van der Waals surface area contributed by atoms with Gasteiger partial charge in [0.15, 0.2) is 5.78 Å². The Kier molecular flexibility index (Phi) is 4.16. The van der Waals surface area contributed by atoms with Gasteiger partial charge in [-0.3, -0.25) is 4.79 Å². The number of ketones is 1. The number of rotatable bonds is 3. The standard InChI is InChI=1S/C18H17ClN2O/c19-14-6-7-18(17(20)10-14)21-15-8-13(9-16(22)11-15)12-4-2-1-3-5-12/h1-7,10-11,13,21H,8-9,20H2. The summed E-state index contributed by atoms with van der Waals surface area (Å²) >= 11 is 5.91. The van der Waals surface area contributed by atoms with Crippen LogP contribution >= 0.6 is 11.6 Å². The number of nitrogen functional groups attached to an aromatic ring is 1. The van der Waals surface area contributed by atoms with Crippen LogP contribution in [0.2, 0.25) is 5.02 Å². The summed E-state index contributed by atoms with van der Waals surface area (Å²) in [7, 11) is 0. The molecule has 0 aromatic heterocycles. The van der Waals surface area contributed by atoms with E-state index in [-0.39, 0.29) is 11.7 Å². The van der Waals surface area contributed by atoms with Gasteiger partial charge in [-0.25, -0.2) is 0 Å². The zero-order chi connectivity index (χ0) is 15.5. The van der Waals surface area contributed by atoms with Gasteiger partial charge in [-0.15, -0.1) is 0 Å². The third-order valence-electron chi connectivity index (χ3n) is 3.83. The molecule has 0 bridgehead atoms. The first-order valence-electron chi connectivity index (χ1n) is 7.22. The maximum absolute atomic E-state index is 12.0. The van der Waals surface area contributed by atoms with E-state index in [9.17, 15) is 4.79 Å². The molecule has 0 saturated carbocycles. The highest BCUT2D eigenvalue weighted by atomic mass is 35.5. The Morgan fingerprint density at radius 2 is 1.86 bits per heavy atom. The smallest absolute Gasteiger partial charge is 0.158 e. The molecule has 3 rings (SSSR count). The largest absolute Gasteiger partial charge is 0.397 e. The van der Waals surface area contributed by atoms with Crippen molar-refractivity contribution < 1.29 is 4.79 Å². The summed E-state index contributed by atoms with van der Waals surface area (Å²) in [4.78, 5) is 12.0. The van der Waals surface area contributed by atoms with Gasteiger partial charge in [0.05, 0.1) is 11.4 Å². The Bertz CT molecular complexity index is 725. The molecule has 0 fully saturated rings. The van der Waals surface area contributed by atoms with Gasteiger partial charge in [-0.1, -0.05) is 41.9 Å². The molecule has 1 atom stereocenters. The summed E-state index contributed by atoms with van der Waals surface area (Å²) in [5.41, 5.74) is 9.38. The van der Waals surface area contributed by atoms with Gasteiger partial charge in [0.2, 0.25) is 0 Å². The number of nitrogens with one attached hydrogen (secondary N) is 1. The summed E-state index contributed by atoms with van der Waals surface area (Å²) in [6, 6.07) is 15.4. The van der Waals surface area contributed by atoms with Crippen LogP contribution in [0.25, 0.3) is 0 Å². The molecule has 3 nitrogen and oxygen atoms in total. The highest BCUT2D eigenvalue weighted by Crippen LogP contribution is 2.33. The number of nitrogens with two attached hydrogens (primary N) is 1. The van der Waals surface area contributed by atoms with Crippen molar-refractivity contribution in [2.75, 3.05) is 11.1 Å². The minimum Gasteiger partial charge on any atom is -0.397 e. The first-order chi connectivity index (χ1) is 10.6. The molecule has 0 aliphatic heterocycles. The lowest BCUT2D eigenvalue weighted by Crippen LogP contribution is -2.17. The summed E-state index contributed by atoms with van der Waals surface area (Å²) in [5, 5.41) is 3.86. The molecular weight excluding hydrogens is 296 g/mol. The van der Waals surface area contributed by atoms with Crippen molar-refractivity contribution in [3.8, 4) is 0 Å². The van der Waals surface area contributed by atoms with E-state index in [0.29, 0.717) is 17.1 Å². The molecule has 0 amide bonds. The highest BCUT2D eigenvalue weighted by molar-refractivity contribution is 6.31. The van der Waals surface area contributed by atoms with E-state index in [4.69, 9.17) is 17.3 Å². The average molecular weight is 313 g/mol. The van der Waals surface area contributed by atoms with Crippen LogP contribution in [-0.4, -0.2) is 5.78 Å². The summed E-state index contributed by atoms with van der Waals surface area (Å²) in [6.07, 6.45) is 3.01. The molecule has 0 saturated heterocycles. The fourth-order valence-corrected chi connectivity index (χ4v) is 2.94. The van der Waals surface area contributed by atoms with E-state index in [2.05, 4.69) is 17.4 Å². The van der Waals surface area contributed by atoms with Crippen LogP contribution in [0.4, 0.5) is 11.4 Å². The van der Waals surface area contributed by atoms with Crippen molar-refractivity contribution in [3.63, 3.8) is 0 Å². The third kappa shape index (κ3) is 3.31. The van der Waals surface area contributed by atoms with Crippen molar-refractivity contribution >= 4 is 28.8 Å². The Balaban J connectivity index is 1.80. The molecule has 0 radical (unpaired) electrons. The monoisotopic (exact) mass is 312 g/mol. The molecular formula is C18H17ClN2O. The number of halogens is 1. The van der Waals surface area contributed by atoms with E-state index in [1.807, 2.05) is 24.3 Å². The predicted octanol–water partition coefficient (Wildman–Crippen LogP) is 4.36. The SMILES string of the molecule is Nc1cc(Cl)ccc1NC1=CC(=O)CC(c2ccccc2)C1. The zero-order valence-electron chi connectivity index (χ0n) is 12.1. The van der Waals surface area contributed by atoms with E-state index >= 15 is 0 Å². The van der Waals surface area contributed by atoms with Crippen LogP contribution in [0.3, 0.4) is 0 Å². The van der Waals surface area contributed by atoms with Crippen LogP contribution in [0.1, 0.15) is 24.3 Å². The first-order valence-corrected chi connectivity index (χ1v) is 7.60. The van der Waals surface area contributed by atoms with Crippen LogP contribution in [0.15, 0.2) is 60.3 Å². The first kappa shape index (κ1) is 14.7. The summed E-state index contributed by atoms with van der Waals surface area (Å²) in [6.45, 7) is 0. The van der Waals surface area contributed by atoms with Gasteiger partial charge in [0.1, 0.15) is 0 Å². The second-order valence-electron chi connectivity index (χ2n) is 5.51. The minimum absolute atomic E-state index is 0.134. The number of anilines is 2. The second-order valence-corrected chi connectivity index (χ2v) is 5.94. The molecule has 2 aromatic carbocycles. The van der Waals surface area contributed by atoms with Gasteiger partial charge in [0, 0.05) is 23.2 Å². The maximum Gasteiger partial charge on any atom is 0.158 e. The third-order valence-corrected chi connectivity index (χ3v) is 4.06. The molecule has 1 unspecified atom stereocenters. The Morgan fingerprint density at radius 1 is 1.09 bits per heavy atom. The zero-order valence-corrected chi connectivity index (χ0v) is 12.8. The minimum atomic E-state index is 0.134. The lowest BCUT2D eigenvalue weighted by molar-refractivity contribution is -0.115. The van der Waals surface area contributed by atoms with E-state index in [1.165, 1.54) is 5.56 Å². The van der Waals surface area contributed by atoms with Crippen LogP contribution in [-0.2, 0) is 4.79 Å². The van der Waals surface area contributed by atoms with Gasteiger partial charge >= 0.3 is 0 Å².